The summed E-state index contributed by atoms with van der Waals surface area (Å²) in [6, 6.07) is 4.98. The second-order valence-electron chi connectivity index (χ2n) is 2.20. The van der Waals surface area contributed by atoms with Crippen LogP contribution in [0.25, 0.3) is 0 Å². The highest BCUT2D eigenvalue weighted by atomic mass is 35.5. The van der Waals surface area contributed by atoms with E-state index in [0.29, 0.717) is 0 Å². The van der Waals surface area contributed by atoms with Gasteiger partial charge >= 0.3 is 0 Å². The summed E-state index contributed by atoms with van der Waals surface area (Å²) in [4.78, 5) is 10.6. The van der Waals surface area contributed by atoms with Gasteiger partial charge in [-0.2, -0.15) is 5.26 Å². The summed E-state index contributed by atoms with van der Waals surface area (Å²) in [7, 11) is 0. The van der Waals surface area contributed by atoms with Crippen molar-refractivity contribution in [1.82, 2.24) is 0 Å². The Hall–Kier alpha value is -1.60. The molecule has 0 heterocycles. The highest BCUT2D eigenvalue weighted by Gasteiger charge is 2.04. The monoisotopic (exact) mass is 200 g/mol. The summed E-state index contributed by atoms with van der Waals surface area (Å²) in [6.07, 6.45) is 0. The van der Waals surface area contributed by atoms with Crippen molar-refractivity contribution in [2.24, 2.45) is 5.73 Å². The van der Waals surface area contributed by atoms with Crippen LogP contribution in [-0.2, 0) is 0 Å². The molecule has 5 heteroatoms. The Bertz CT molecular complexity index is 373. The highest BCUT2D eigenvalue weighted by molar-refractivity contribution is 5.93. The third kappa shape index (κ3) is 2.73. The number of halogens is 2. The number of carbonyl (C=O) groups excluding carboxylic acids is 1. The molecule has 3 nitrogen and oxygen atoms in total. The SMILES string of the molecule is Cl.N#Cc1cc(F)cc(C(N)=O)c1. The second-order valence-corrected chi connectivity index (χ2v) is 2.20. The minimum Gasteiger partial charge on any atom is -0.366 e. The van der Waals surface area contributed by atoms with Crippen LogP contribution >= 0.6 is 12.4 Å². The van der Waals surface area contributed by atoms with E-state index in [1.165, 1.54) is 6.07 Å². The quantitative estimate of drug-likeness (QED) is 0.741. The van der Waals surface area contributed by atoms with Crippen LogP contribution in [0.2, 0.25) is 0 Å². The molecule has 2 N–H and O–H groups in total. The van der Waals surface area contributed by atoms with Gasteiger partial charge in [0.25, 0.3) is 0 Å². The third-order valence-electron chi connectivity index (χ3n) is 1.31. The van der Waals surface area contributed by atoms with E-state index in [1.54, 1.807) is 6.07 Å². The topological polar surface area (TPSA) is 66.9 Å². The Balaban J connectivity index is 0.00000144. The number of nitrogens with two attached hydrogens (primary N) is 1. The molecule has 13 heavy (non-hydrogen) atoms. The molecule has 0 spiro atoms. The third-order valence-corrected chi connectivity index (χ3v) is 1.31. The van der Waals surface area contributed by atoms with Crippen LogP contribution in [0, 0.1) is 17.1 Å². The van der Waals surface area contributed by atoms with Gasteiger partial charge in [-0.05, 0) is 18.2 Å². The smallest absolute Gasteiger partial charge is 0.248 e. The molecule has 0 aliphatic carbocycles. The van der Waals surface area contributed by atoms with Gasteiger partial charge in [0, 0.05) is 5.56 Å². The Morgan fingerprint density at radius 3 is 2.54 bits per heavy atom. The Kier molecular flexibility index (Phi) is 3.89. The van der Waals surface area contributed by atoms with Crippen LogP contribution in [0.1, 0.15) is 15.9 Å². The summed E-state index contributed by atoms with van der Waals surface area (Å²) < 4.78 is 12.6. The number of nitrogens with zero attached hydrogens (tertiary/aromatic N) is 1. The average molecular weight is 201 g/mol. The van der Waals surface area contributed by atoms with Crippen LogP contribution in [0.15, 0.2) is 18.2 Å². The van der Waals surface area contributed by atoms with Crippen molar-refractivity contribution in [3.8, 4) is 6.07 Å². The van der Waals surface area contributed by atoms with Crippen molar-refractivity contribution < 1.29 is 9.18 Å². The zero-order valence-electron chi connectivity index (χ0n) is 6.45. The highest BCUT2D eigenvalue weighted by Crippen LogP contribution is 2.07. The molecule has 1 aromatic carbocycles. The first-order chi connectivity index (χ1) is 5.63. The zero-order chi connectivity index (χ0) is 9.14. The fourth-order valence-electron chi connectivity index (χ4n) is 0.796. The second kappa shape index (κ2) is 4.43. The fraction of sp³-hybridized carbons (Fsp3) is 0. The number of primary amides is 1. The first-order valence-corrected chi connectivity index (χ1v) is 3.14. The number of rotatable bonds is 1. The van der Waals surface area contributed by atoms with Crippen molar-refractivity contribution in [3.63, 3.8) is 0 Å². The number of amides is 1. The Labute approximate surface area is 80.4 Å². The van der Waals surface area contributed by atoms with E-state index >= 15 is 0 Å². The molecule has 0 unspecified atom stereocenters. The molecule has 0 aliphatic rings. The first kappa shape index (κ1) is 11.4. The minimum absolute atomic E-state index is 0. The largest absolute Gasteiger partial charge is 0.366 e. The molecule has 68 valence electrons. The van der Waals surface area contributed by atoms with Gasteiger partial charge in [-0.3, -0.25) is 4.79 Å². The lowest BCUT2D eigenvalue weighted by atomic mass is 10.1. The normalized spacial score (nSPS) is 8.31. The molecule has 0 saturated carbocycles. The lowest BCUT2D eigenvalue weighted by Gasteiger charge is -1.95. The van der Waals surface area contributed by atoms with E-state index < -0.39 is 11.7 Å². The predicted octanol–water partition coefficient (Wildman–Crippen LogP) is 1.22. The maximum atomic E-state index is 12.6. The number of hydrogen-bond donors (Lipinski definition) is 1. The average Bonchev–Trinajstić information content (AvgIpc) is 2.03. The van der Waals surface area contributed by atoms with Gasteiger partial charge in [-0.1, -0.05) is 0 Å². The molecule has 0 aliphatic heterocycles. The Morgan fingerprint density at radius 2 is 2.08 bits per heavy atom. The summed E-state index contributed by atoms with van der Waals surface area (Å²) in [6.45, 7) is 0. The minimum atomic E-state index is -0.744. The summed E-state index contributed by atoms with van der Waals surface area (Å²) in [5.74, 6) is -1.38. The van der Waals surface area contributed by atoms with E-state index in [-0.39, 0.29) is 23.5 Å². The van der Waals surface area contributed by atoms with E-state index in [9.17, 15) is 9.18 Å². The standard InChI is InChI=1S/C8H5FN2O.ClH/c9-7-2-5(4-10)1-6(3-7)8(11)12;/h1-3H,(H2,11,12);1H. The molecule has 0 fully saturated rings. The molecule has 1 amide bonds. The number of benzene rings is 1. The Morgan fingerprint density at radius 1 is 1.46 bits per heavy atom. The number of hydrogen-bond acceptors (Lipinski definition) is 2. The number of nitriles is 1. The zero-order valence-corrected chi connectivity index (χ0v) is 7.27. The maximum absolute atomic E-state index is 12.6. The van der Waals surface area contributed by atoms with Gasteiger partial charge in [-0.25, -0.2) is 4.39 Å². The van der Waals surface area contributed by atoms with E-state index in [4.69, 9.17) is 11.0 Å². The van der Waals surface area contributed by atoms with E-state index in [0.717, 1.165) is 12.1 Å². The van der Waals surface area contributed by atoms with Crippen LogP contribution in [-0.4, -0.2) is 5.91 Å². The molecule has 1 rings (SSSR count). The van der Waals surface area contributed by atoms with Crippen molar-refractivity contribution in [3.05, 3.63) is 35.1 Å². The molecule has 0 aromatic heterocycles. The van der Waals surface area contributed by atoms with Gasteiger partial charge in [0.05, 0.1) is 11.6 Å². The lowest BCUT2D eigenvalue weighted by Crippen LogP contribution is -2.11. The maximum Gasteiger partial charge on any atom is 0.248 e. The molecule has 1 aromatic rings. The van der Waals surface area contributed by atoms with Crippen molar-refractivity contribution in [2.75, 3.05) is 0 Å². The molecule has 0 bridgehead atoms. The summed E-state index contributed by atoms with van der Waals surface area (Å²) in [5.41, 5.74) is 4.98. The molecular formula is C8H6ClFN2O. The van der Waals surface area contributed by atoms with Gasteiger partial charge in [0.1, 0.15) is 5.82 Å². The van der Waals surface area contributed by atoms with Crippen LogP contribution in [0.4, 0.5) is 4.39 Å². The van der Waals surface area contributed by atoms with Gasteiger partial charge in [0.2, 0.25) is 5.91 Å². The van der Waals surface area contributed by atoms with Gasteiger partial charge in [-0.15, -0.1) is 12.4 Å². The predicted molar refractivity (Wildman–Crippen MR) is 46.9 cm³/mol. The first-order valence-electron chi connectivity index (χ1n) is 3.14. The molecular weight excluding hydrogens is 195 g/mol. The molecule has 0 radical (unpaired) electrons. The fourth-order valence-corrected chi connectivity index (χ4v) is 0.796. The molecule has 0 saturated heterocycles. The van der Waals surface area contributed by atoms with E-state index in [1.807, 2.05) is 0 Å². The van der Waals surface area contributed by atoms with Crippen molar-refractivity contribution >= 4 is 18.3 Å². The van der Waals surface area contributed by atoms with E-state index in [2.05, 4.69) is 0 Å². The van der Waals surface area contributed by atoms with Gasteiger partial charge < -0.3 is 5.73 Å². The van der Waals surface area contributed by atoms with Crippen LogP contribution in [0.3, 0.4) is 0 Å². The van der Waals surface area contributed by atoms with Crippen molar-refractivity contribution in [2.45, 2.75) is 0 Å². The van der Waals surface area contributed by atoms with Crippen LogP contribution in [0.5, 0.6) is 0 Å². The summed E-state index contributed by atoms with van der Waals surface area (Å²) >= 11 is 0. The molecule has 0 atom stereocenters. The number of carbonyl (C=O) groups is 1. The van der Waals surface area contributed by atoms with Crippen LogP contribution < -0.4 is 5.73 Å². The van der Waals surface area contributed by atoms with Gasteiger partial charge in [0.15, 0.2) is 0 Å². The summed E-state index contributed by atoms with van der Waals surface area (Å²) in [5, 5.41) is 8.40. The van der Waals surface area contributed by atoms with Crippen molar-refractivity contribution in [1.29, 1.82) is 5.26 Å². The lowest BCUT2D eigenvalue weighted by molar-refractivity contribution is 0.1000.